The molecule has 2 N–H and O–H groups in total. The van der Waals surface area contributed by atoms with Gasteiger partial charge in [0.2, 0.25) is 0 Å². The first-order chi connectivity index (χ1) is 19.7. The van der Waals surface area contributed by atoms with Crippen LogP contribution in [0.5, 0.6) is 0 Å². The fourth-order valence-corrected chi connectivity index (χ4v) is 4.26. The molecule has 2 aromatic heterocycles. The van der Waals surface area contributed by atoms with Gasteiger partial charge in [0, 0.05) is 43.3 Å². The Morgan fingerprint density at radius 1 is 0.952 bits per heavy atom. The Bertz CT molecular complexity index is 1570. The number of hydrogen-bond donors (Lipinski definition) is 2. The number of halogens is 3. The van der Waals surface area contributed by atoms with E-state index in [1.165, 1.54) is 12.3 Å². The summed E-state index contributed by atoms with van der Waals surface area (Å²) in [7, 11) is 1.80. The van der Waals surface area contributed by atoms with Crippen molar-refractivity contribution in [2.45, 2.75) is 52.1 Å². The lowest BCUT2D eigenvalue weighted by atomic mass is 9.95. The zero-order chi connectivity index (χ0) is 30.7. The van der Waals surface area contributed by atoms with Gasteiger partial charge in [-0.1, -0.05) is 30.3 Å². The molecule has 0 aliphatic heterocycles. The van der Waals surface area contributed by atoms with E-state index in [-0.39, 0.29) is 12.5 Å². The lowest BCUT2D eigenvalue weighted by molar-refractivity contribution is -0.137. The molecule has 2 aromatic carbocycles. The molecule has 220 valence electrons. The van der Waals surface area contributed by atoms with Gasteiger partial charge in [-0.15, -0.1) is 0 Å². The van der Waals surface area contributed by atoms with Crippen molar-refractivity contribution in [1.82, 2.24) is 25.4 Å². The summed E-state index contributed by atoms with van der Waals surface area (Å²) in [5.74, 6) is -0.321. The van der Waals surface area contributed by atoms with Crippen LogP contribution >= 0.6 is 0 Å². The van der Waals surface area contributed by atoms with Crippen LogP contribution in [0.25, 0.3) is 22.3 Å². The number of nitrogens with zero attached hydrogens (tertiary/aromatic N) is 3. The molecule has 0 fully saturated rings. The quantitative estimate of drug-likeness (QED) is 0.254. The van der Waals surface area contributed by atoms with E-state index in [1.54, 1.807) is 75.2 Å². The molecule has 1 atom stereocenters. The van der Waals surface area contributed by atoms with Crippen LogP contribution in [0.4, 0.5) is 18.0 Å². The number of aryl methyl sites for hydroxylation is 1. The molecule has 0 spiro atoms. The maximum absolute atomic E-state index is 13.5. The molecule has 0 radical (unpaired) electrons. The van der Waals surface area contributed by atoms with Gasteiger partial charge in [-0.25, -0.2) is 4.79 Å². The summed E-state index contributed by atoms with van der Waals surface area (Å²) in [5.41, 5.74) is 2.54. The zero-order valence-corrected chi connectivity index (χ0v) is 23.9. The lowest BCUT2D eigenvalue weighted by Crippen LogP contribution is -2.32. The molecule has 0 bridgehead atoms. The summed E-state index contributed by atoms with van der Waals surface area (Å²) in [4.78, 5) is 29.3. The maximum atomic E-state index is 13.5. The topological polar surface area (TPSA) is 98.1 Å². The van der Waals surface area contributed by atoms with Crippen LogP contribution < -0.4 is 10.6 Å². The van der Waals surface area contributed by atoms with Crippen molar-refractivity contribution in [2.24, 2.45) is 7.05 Å². The minimum Gasteiger partial charge on any atom is -0.444 e. The number of nitrogens with one attached hydrogen (secondary N) is 2. The van der Waals surface area contributed by atoms with Gasteiger partial charge >= 0.3 is 12.3 Å². The van der Waals surface area contributed by atoms with E-state index < -0.39 is 29.5 Å². The van der Waals surface area contributed by atoms with E-state index >= 15 is 0 Å². The lowest BCUT2D eigenvalue weighted by Gasteiger charge is -2.20. The first kappa shape index (κ1) is 30.3. The molecule has 0 unspecified atom stereocenters. The van der Waals surface area contributed by atoms with Crippen molar-refractivity contribution in [2.75, 3.05) is 0 Å². The van der Waals surface area contributed by atoms with Gasteiger partial charge in [-0.05, 0) is 68.1 Å². The van der Waals surface area contributed by atoms with Crippen molar-refractivity contribution < 1.29 is 27.5 Å². The Kier molecular flexibility index (Phi) is 8.70. The van der Waals surface area contributed by atoms with Crippen LogP contribution in [0, 0.1) is 0 Å². The Morgan fingerprint density at radius 3 is 2.29 bits per heavy atom. The Hall–Kier alpha value is -4.67. The number of alkyl carbamates (subject to hydrolysis) is 1. The van der Waals surface area contributed by atoms with Crippen molar-refractivity contribution in [1.29, 1.82) is 0 Å². The molecule has 4 rings (SSSR count). The van der Waals surface area contributed by atoms with Gasteiger partial charge in [0.05, 0.1) is 23.4 Å². The van der Waals surface area contributed by atoms with Gasteiger partial charge in [0.1, 0.15) is 5.60 Å². The molecular formula is C31H32F3N5O3. The van der Waals surface area contributed by atoms with Crippen molar-refractivity contribution >= 4 is 12.0 Å². The van der Waals surface area contributed by atoms with E-state index in [4.69, 9.17) is 4.74 Å². The maximum Gasteiger partial charge on any atom is 0.416 e. The highest BCUT2D eigenvalue weighted by atomic mass is 19.4. The Morgan fingerprint density at radius 2 is 1.67 bits per heavy atom. The molecule has 4 aromatic rings. The molecule has 2 heterocycles. The first-order valence-corrected chi connectivity index (χ1v) is 13.2. The number of ether oxygens (including phenoxy) is 1. The third-order valence-electron chi connectivity index (χ3n) is 6.37. The number of benzene rings is 2. The van der Waals surface area contributed by atoms with E-state index in [2.05, 4.69) is 20.7 Å². The molecule has 42 heavy (non-hydrogen) atoms. The predicted molar refractivity (Wildman–Crippen MR) is 152 cm³/mol. The second-order valence-electron chi connectivity index (χ2n) is 10.9. The third kappa shape index (κ3) is 7.74. The summed E-state index contributed by atoms with van der Waals surface area (Å²) >= 11 is 0. The monoisotopic (exact) mass is 579 g/mol. The summed E-state index contributed by atoms with van der Waals surface area (Å²) < 4.78 is 47.5. The van der Waals surface area contributed by atoms with E-state index in [9.17, 15) is 22.8 Å². The second-order valence-corrected chi connectivity index (χ2v) is 10.9. The minimum atomic E-state index is -4.53. The molecular weight excluding hydrogens is 547 g/mol. The number of alkyl halides is 3. The summed E-state index contributed by atoms with van der Waals surface area (Å²) in [6.45, 7) is 6.95. The standard InChI is InChI=1S/C31H32F3N5O3/c1-19(38-28(40)24-12-23(14-35-15-24)25-17-37-39(5)18-25)20-6-8-21(9-7-20)27-13-26(31(32,33)34)11-10-22(27)16-36-29(41)42-30(2,3)4/h6-15,17-19H,16H2,1-5H3,(H,36,41)(H,38,40)/t19-/m1/s1. The normalized spacial score (nSPS) is 12.5. The molecule has 0 aliphatic carbocycles. The molecule has 8 nitrogen and oxygen atoms in total. The van der Waals surface area contributed by atoms with Crippen molar-refractivity contribution in [3.05, 3.63) is 95.6 Å². The average Bonchev–Trinajstić information content (AvgIpc) is 3.36. The van der Waals surface area contributed by atoms with Crippen molar-refractivity contribution in [3.63, 3.8) is 0 Å². The summed E-state index contributed by atoms with van der Waals surface area (Å²) in [5, 5.41) is 9.69. The highest BCUT2D eigenvalue weighted by molar-refractivity contribution is 5.95. The van der Waals surface area contributed by atoms with Gasteiger partial charge in [0.25, 0.3) is 5.91 Å². The summed E-state index contributed by atoms with van der Waals surface area (Å²) in [6, 6.07) is 11.6. The number of amides is 2. The Balaban J connectivity index is 1.51. The molecule has 2 amide bonds. The summed E-state index contributed by atoms with van der Waals surface area (Å²) in [6.07, 6.45) is 1.44. The highest BCUT2D eigenvalue weighted by Crippen LogP contribution is 2.34. The van der Waals surface area contributed by atoms with Crippen LogP contribution in [0.15, 0.2) is 73.3 Å². The van der Waals surface area contributed by atoms with Crippen molar-refractivity contribution in [3.8, 4) is 22.3 Å². The second kappa shape index (κ2) is 12.1. The van der Waals surface area contributed by atoms with Gasteiger partial charge in [-0.3, -0.25) is 14.5 Å². The SMILES string of the molecule is C[C@@H](NC(=O)c1cncc(-c2cnn(C)c2)c1)c1ccc(-c2cc(C(F)(F)F)ccc2CNC(=O)OC(C)(C)C)cc1. The predicted octanol–water partition coefficient (Wildman–Crippen LogP) is 6.68. The number of pyridine rings is 1. The number of rotatable bonds is 7. The highest BCUT2D eigenvalue weighted by Gasteiger charge is 2.31. The van der Waals surface area contributed by atoms with Gasteiger partial charge in [-0.2, -0.15) is 18.3 Å². The number of carbonyl (C=O) groups excluding carboxylic acids is 2. The molecule has 11 heteroatoms. The van der Waals surface area contributed by atoms with E-state index in [1.807, 2.05) is 13.1 Å². The molecule has 0 aliphatic rings. The molecule has 0 saturated heterocycles. The van der Waals surface area contributed by atoms with E-state index in [0.29, 0.717) is 22.3 Å². The molecule has 0 saturated carbocycles. The van der Waals surface area contributed by atoms with Crippen LogP contribution in [0.2, 0.25) is 0 Å². The van der Waals surface area contributed by atoms with Gasteiger partial charge in [0.15, 0.2) is 0 Å². The van der Waals surface area contributed by atoms with Crippen LogP contribution in [0.3, 0.4) is 0 Å². The number of aromatic nitrogens is 3. The largest absolute Gasteiger partial charge is 0.444 e. The first-order valence-electron chi connectivity index (χ1n) is 13.2. The van der Waals surface area contributed by atoms with Crippen LogP contribution in [-0.4, -0.2) is 32.4 Å². The smallest absolute Gasteiger partial charge is 0.416 e. The van der Waals surface area contributed by atoms with Crippen LogP contribution in [-0.2, 0) is 24.5 Å². The van der Waals surface area contributed by atoms with Crippen LogP contribution in [0.1, 0.15) is 60.8 Å². The zero-order valence-electron chi connectivity index (χ0n) is 23.9. The van der Waals surface area contributed by atoms with Gasteiger partial charge < -0.3 is 15.4 Å². The fraction of sp³-hybridized carbons (Fsp3) is 0.290. The third-order valence-corrected chi connectivity index (χ3v) is 6.37. The fourth-order valence-electron chi connectivity index (χ4n) is 4.26. The Labute approximate surface area is 241 Å². The number of carbonyl (C=O) groups is 2. The van der Waals surface area contributed by atoms with E-state index in [0.717, 1.165) is 28.8 Å². The minimum absolute atomic E-state index is 0.0251. The average molecular weight is 580 g/mol. The number of hydrogen-bond acceptors (Lipinski definition) is 5.